The number of imidazole rings is 2. The topological polar surface area (TPSA) is 21.7 Å². The van der Waals surface area contributed by atoms with E-state index in [0.29, 0.717) is 0 Å². The van der Waals surface area contributed by atoms with Crippen molar-refractivity contribution in [2.75, 3.05) is 0 Å². The summed E-state index contributed by atoms with van der Waals surface area (Å²) >= 11 is 0. The van der Waals surface area contributed by atoms with E-state index in [0.717, 1.165) is 16.8 Å². The van der Waals surface area contributed by atoms with Crippen molar-refractivity contribution in [2.45, 2.75) is 19.3 Å². The summed E-state index contributed by atoms with van der Waals surface area (Å²) in [5.74, 6) is 0.965. The van der Waals surface area contributed by atoms with Crippen LogP contribution in [0.1, 0.15) is 25.0 Å². The Morgan fingerprint density at radius 1 is 0.489 bits per heavy atom. The number of nitrogens with zero attached hydrogens (tertiary/aromatic N) is 3. The monoisotopic (exact) mass is 573 g/mol. The molecule has 0 aliphatic heterocycles. The lowest BCUT2D eigenvalue weighted by Gasteiger charge is -2.21. The van der Waals surface area contributed by atoms with E-state index in [1.165, 1.54) is 82.2 Å². The lowest BCUT2D eigenvalue weighted by atomic mass is 9.82. The molecule has 0 saturated carbocycles. The number of hydrogen-bond donors (Lipinski definition) is 0. The zero-order valence-corrected chi connectivity index (χ0v) is 25.0. The van der Waals surface area contributed by atoms with Gasteiger partial charge in [0.2, 0.25) is 5.78 Å². The molecule has 11 rings (SSSR count). The zero-order chi connectivity index (χ0) is 29.6. The van der Waals surface area contributed by atoms with Gasteiger partial charge >= 0.3 is 0 Å². The molecule has 1 aliphatic carbocycles. The van der Waals surface area contributed by atoms with Crippen LogP contribution in [0.3, 0.4) is 0 Å². The van der Waals surface area contributed by atoms with E-state index in [1.54, 1.807) is 0 Å². The molecule has 3 heteroatoms. The third kappa shape index (κ3) is 2.89. The highest BCUT2D eigenvalue weighted by atomic mass is 15.2. The number of benzene rings is 7. The van der Waals surface area contributed by atoms with Crippen molar-refractivity contribution in [1.29, 1.82) is 0 Å². The zero-order valence-electron chi connectivity index (χ0n) is 25.0. The van der Waals surface area contributed by atoms with Crippen LogP contribution in [-0.2, 0) is 5.41 Å². The summed E-state index contributed by atoms with van der Waals surface area (Å²) in [5, 5.41) is 7.48. The molecular formula is C42H27N3. The molecule has 0 radical (unpaired) electrons. The van der Waals surface area contributed by atoms with Crippen molar-refractivity contribution in [1.82, 2.24) is 13.8 Å². The van der Waals surface area contributed by atoms with E-state index in [-0.39, 0.29) is 5.41 Å². The van der Waals surface area contributed by atoms with Gasteiger partial charge in [0, 0.05) is 16.2 Å². The van der Waals surface area contributed by atoms with E-state index in [1.807, 2.05) is 0 Å². The van der Waals surface area contributed by atoms with Crippen LogP contribution in [-0.4, -0.2) is 13.8 Å². The van der Waals surface area contributed by atoms with Gasteiger partial charge in [-0.2, -0.15) is 0 Å². The molecule has 7 aromatic carbocycles. The summed E-state index contributed by atoms with van der Waals surface area (Å²) in [6.45, 7) is 4.69. The highest BCUT2D eigenvalue weighted by Crippen LogP contribution is 2.50. The van der Waals surface area contributed by atoms with Gasteiger partial charge in [-0.15, -0.1) is 0 Å². The summed E-state index contributed by atoms with van der Waals surface area (Å²) in [6, 6.07) is 47.3. The third-order valence-electron chi connectivity index (χ3n) is 10.6. The fourth-order valence-electron chi connectivity index (χ4n) is 8.39. The smallest absolute Gasteiger partial charge is 0.220 e. The Morgan fingerprint density at radius 2 is 1.16 bits per heavy atom. The van der Waals surface area contributed by atoms with E-state index < -0.39 is 0 Å². The van der Waals surface area contributed by atoms with Gasteiger partial charge in [0.1, 0.15) is 0 Å². The molecular weight excluding hydrogens is 546 g/mol. The molecule has 10 aromatic rings. The number of hydrogen-bond acceptors (Lipinski definition) is 1. The van der Waals surface area contributed by atoms with Crippen molar-refractivity contribution < 1.29 is 0 Å². The van der Waals surface area contributed by atoms with Crippen molar-refractivity contribution >= 4 is 65.7 Å². The Morgan fingerprint density at radius 3 is 1.96 bits per heavy atom. The molecule has 0 unspecified atom stereocenters. The first-order chi connectivity index (χ1) is 22.0. The molecule has 3 nitrogen and oxygen atoms in total. The fraction of sp³-hybridized carbons (Fsp3) is 0.0714. The van der Waals surface area contributed by atoms with Crippen molar-refractivity contribution in [3.05, 3.63) is 139 Å². The van der Waals surface area contributed by atoms with E-state index in [4.69, 9.17) is 4.98 Å². The standard InChI is InChI=1S/C42H27N3/c1-42(2)34-14-8-7-13-30(34)31-17-28(15-16-35(31)42)29-19-33-32-18-24-9-3-5-11-26(24)21-37(32)45-40(33)39(23-29)44-38-22-27-12-6-4-10-25(27)20-36(38)43-41(44)45/h3-23H,1-2H3. The maximum atomic E-state index is 5.30. The molecule has 0 amide bonds. The average Bonchev–Trinajstić information content (AvgIpc) is 3.76. The van der Waals surface area contributed by atoms with Gasteiger partial charge in [0.05, 0.1) is 27.6 Å². The molecule has 0 fully saturated rings. The second kappa shape index (κ2) is 7.88. The van der Waals surface area contributed by atoms with E-state index in [2.05, 4.69) is 150 Å². The van der Waals surface area contributed by atoms with Gasteiger partial charge in [0.25, 0.3) is 0 Å². The summed E-state index contributed by atoms with van der Waals surface area (Å²) < 4.78 is 4.77. The van der Waals surface area contributed by atoms with Crippen LogP contribution in [0.15, 0.2) is 127 Å². The second-order valence-electron chi connectivity index (χ2n) is 13.3. The quantitative estimate of drug-likeness (QED) is 0.191. The summed E-state index contributed by atoms with van der Waals surface area (Å²) in [7, 11) is 0. The SMILES string of the molecule is CC1(C)c2ccccc2-c2cc(-c3cc4c5cc6ccccc6cc5n5c4c(c3)n3c4cc6ccccc6cc4nc35)ccc21. The second-order valence-corrected chi connectivity index (χ2v) is 13.3. The molecule has 0 saturated heterocycles. The molecule has 1 aliphatic rings. The number of fused-ring (bicyclic) bond motifs is 13. The first kappa shape index (κ1) is 23.7. The van der Waals surface area contributed by atoms with Gasteiger partial charge in [-0.25, -0.2) is 4.98 Å². The molecule has 0 N–H and O–H groups in total. The first-order valence-electron chi connectivity index (χ1n) is 15.7. The third-order valence-corrected chi connectivity index (χ3v) is 10.6. The van der Waals surface area contributed by atoms with Crippen LogP contribution in [0.25, 0.3) is 87.9 Å². The normalized spacial score (nSPS) is 14.2. The molecule has 0 spiro atoms. The Bertz CT molecular complexity index is 2900. The lowest BCUT2D eigenvalue weighted by molar-refractivity contribution is 0.660. The van der Waals surface area contributed by atoms with E-state index in [9.17, 15) is 0 Å². The van der Waals surface area contributed by atoms with E-state index >= 15 is 0 Å². The van der Waals surface area contributed by atoms with Gasteiger partial charge in [0.15, 0.2) is 0 Å². The fourth-order valence-corrected chi connectivity index (χ4v) is 8.39. The van der Waals surface area contributed by atoms with Gasteiger partial charge in [-0.1, -0.05) is 98.8 Å². The Kier molecular flexibility index (Phi) is 4.16. The Labute approximate surface area is 258 Å². The lowest BCUT2D eigenvalue weighted by Crippen LogP contribution is -2.14. The van der Waals surface area contributed by atoms with Crippen molar-refractivity contribution in [3.63, 3.8) is 0 Å². The van der Waals surface area contributed by atoms with Crippen LogP contribution < -0.4 is 0 Å². The van der Waals surface area contributed by atoms with Crippen LogP contribution in [0.5, 0.6) is 0 Å². The predicted octanol–water partition coefficient (Wildman–Crippen LogP) is 10.8. The molecule has 0 bridgehead atoms. The predicted molar refractivity (Wildman–Crippen MR) is 188 cm³/mol. The molecule has 0 atom stereocenters. The largest absolute Gasteiger partial charge is 0.277 e. The summed E-state index contributed by atoms with van der Waals surface area (Å²) in [6.07, 6.45) is 0. The van der Waals surface area contributed by atoms with Crippen LogP contribution in [0.2, 0.25) is 0 Å². The summed E-state index contributed by atoms with van der Waals surface area (Å²) in [5.41, 5.74) is 13.7. The minimum atomic E-state index is -0.00956. The highest BCUT2D eigenvalue weighted by Gasteiger charge is 2.35. The summed E-state index contributed by atoms with van der Waals surface area (Å²) in [4.78, 5) is 5.30. The van der Waals surface area contributed by atoms with Crippen LogP contribution >= 0.6 is 0 Å². The van der Waals surface area contributed by atoms with Crippen LogP contribution in [0, 0.1) is 0 Å². The minimum Gasteiger partial charge on any atom is -0.277 e. The Hall–Kier alpha value is -5.67. The molecule has 3 aromatic heterocycles. The van der Waals surface area contributed by atoms with Gasteiger partial charge in [-0.05, 0) is 97.4 Å². The maximum Gasteiger partial charge on any atom is 0.220 e. The van der Waals surface area contributed by atoms with Gasteiger partial charge < -0.3 is 0 Å². The molecule has 210 valence electrons. The van der Waals surface area contributed by atoms with Crippen LogP contribution in [0.4, 0.5) is 0 Å². The van der Waals surface area contributed by atoms with Crippen molar-refractivity contribution in [3.8, 4) is 22.3 Å². The number of rotatable bonds is 1. The van der Waals surface area contributed by atoms with Gasteiger partial charge in [-0.3, -0.25) is 8.80 Å². The minimum absolute atomic E-state index is 0.00956. The number of aromatic nitrogens is 3. The molecule has 3 heterocycles. The Balaban J connectivity index is 1.29. The van der Waals surface area contributed by atoms with Crippen molar-refractivity contribution in [2.24, 2.45) is 0 Å². The average molecular weight is 574 g/mol. The maximum absolute atomic E-state index is 5.30. The molecule has 45 heavy (non-hydrogen) atoms. The first-order valence-corrected chi connectivity index (χ1v) is 15.7. The highest BCUT2D eigenvalue weighted by molar-refractivity contribution is 6.20.